The van der Waals surface area contributed by atoms with Crippen molar-refractivity contribution in [2.75, 3.05) is 6.61 Å². The molecule has 1 amide bonds. The molecule has 0 radical (unpaired) electrons. The van der Waals surface area contributed by atoms with Crippen molar-refractivity contribution in [3.63, 3.8) is 0 Å². The lowest BCUT2D eigenvalue weighted by Crippen LogP contribution is -2.38. The van der Waals surface area contributed by atoms with Crippen molar-refractivity contribution in [2.24, 2.45) is 11.8 Å². The van der Waals surface area contributed by atoms with Crippen LogP contribution in [-0.4, -0.2) is 29.8 Å². The van der Waals surface area contributed by atoms with Crippen LogP contribution in [0, 0.1) is 11.8 Å². The number of rotatable bonds is 7. The van der Waals surface area contributed by atoms with E-state index in [9.17, 15) is 9.59 Å². The first-order chi connectivity index (χ1) is 11.1. The predicted octanol–water partition coefficient (Wildman–Crippen LogP) is 4.11. The SMILES string of the molecule is O=C(O)CCCC1CCC(NC(=O)OCC2CCCCC2)CC1. The summed E-state index contributed by atoms with van der Waals surface area (Å²) in [5.74, 6) is 0.464. The number of aliphatic carboxylic acids is 1. The van der Waals surface area contributed by atoms with Gasteiger partial charge in [-0.05, 0) is 63.2 Å². The van der Waals surface area contributed by atoms with Crippen LogP contribution in [0.15, 0.2) is 0 Å². The second kappa shape index (κ2) is 9.78. The highest BCUT2D eigenvalue weighted by Crippen LogP contribution is 2.28. The molecule has 0 bridgehead atoms. The van der Waals surface area contributed by atoms with Crippen LogP contribution < -0.4 is 5.32 Å². The fraction of sp³-hybridized carbons (Fsp3) is 0.889. The Hall–Kier alpha value is -1.26. The zero-order valence-electron chi connectivity index (χ0n) is 14.1. The molecule has 0 aliphatic heterocycles. The van der Waals surface area contributed by atoms with Gasteiger partial charge in [0.1, 0.15) is 0 Å². The summed E-state index contributed by atoms with van der Waals surface area (Å²) in [6.07, 6.45) is 12.1. The van der Waals surface area contributed by atoms with Crippen molar-refractivity contribution in [2.45, 2.75) is 83.1 Å². The van der Waals surface area contributed by atoms with Gasteiger partial charge >= 0.3 is 12.1 Å². The van der Waals surface area contributed by atoms with Gasteiger partial charge < -0.3 is 15.2 Å². The lowest BCUT2D eigenvalue weighted by atomic mass is 9.83. The van der Waals surface area contributed by atoms with E-state index in [4.69, 9.17) is 9.84 Å². The van der Waals surface area contributed by atoms with E-state index in [-0.39, 0.29) is 18.6 Å². The molecule has 132 valence electrons. The van der Waals surface area contributed by atoms with E-state index in [2.05, 4.69) is 5.32 Å². The molecule has 2 rings (SSSR count). The molecule has 0 aromatic heterocycles. The standard InChI is InChI=1S/C18H31NO4/c20-17(21)8-4-7-14-9-11-16(12-10-14)19-18(22)23-13-15-5-2-1-3-6-15/h14-16H,1-13H2,(H,19,22)(H,20,21). The Labute approximate surface area is 139 Å². The quantitative estimate of drug-likeness (QED) is 0.738. The first-order valence-electron chi connectivity index (χ1n) is 9.28. The second-order valence-corrected chi connectivity index (χ2v) is 7.25. The zero-order valence-corrected chi connectivity index (χ0v) is 14.1. The highest BCUT2D eigenvalue weighted by molar-refractivity contribution is 5.67. The minimum absolute atomic E-state index is 0.226. The van der Waals surface area contributed by atoms with Crippen molar-refractivity contribution in [1.29, 1.82) is 0 Å². The first-order valence-corrected chi connectivity index (χ1v) is 9.28. The number of carboxylic acid groups (broad SMARTS) is 1. The Kier molecular flexibility index (Phi) is 7.69. The number of carbonyl (C=O) groups is 2. The third-order valence-electron chi connectivity index (χ3n) is 5.35. The smallest absolute Gasteiger partial charge is 0.407 e. The molecule has 0 saturated heterocycles. The van der Waals surface area contributed by atoms with Crippen LogP contribution in [0.3, 0.4) is 0 Å². The lowest BCUT2D eigenvalue weighted by molar-refractivity contribution is -0.137. The number of hydrogen-bond acceptors (Lipinski definition) is 3. The van der Waals surface area contributed by atoms with Gasteiger partial charge in [-0.1, -0.05) is 19.3 Å². The summed E-state index contributed by atoms with van der Waals surface area (Å²) in [4.78, 5) is 22.4. The van der Waals surface area contributed by atoms with Crippen LogP contribution in [0.25, 0.3) is 0 Å². The molecule has 2 aliphatic rings. The van der Waals surface area contributed by atoms with Crippen molar-refractivity contribution < 1.29 is 19.4 Å². The van der Waals surface area contributed by atoms with Gasteiger partial charge in [0.2, 0.25) is 0 Å². The van der Waals surface area contributed by atoms with E-state index >= 15 is 0 Å². The predicted molar refractivity (Wildman–Crippen MR) is 88.3 cm³/mol. The third kappa shape index (κ3) is 7.23. The largest absolute Gasteiger partial charge is 0.481 e. The van der Waals surface area contributed by atoms with E-state index < -0.39 is 5.97 Å². The molecule has 5 heteroatoms. The van der Waals surface area contributed by atoms with Crippen LogP contribution in [0.1, 0.15) is 77.0 Å². The van der Waals surface area contributed by atoms with E-state index in [0.717, 1.165) is 38.5 Å². The summed E-state index contributed by atoms with van der Waals surface area (Å²) < 4.78 is 5.39. The summed E-state index contributed by atoms with van der Waals surface area (Å²) in [5, 5.41) is 11.7. The highest BCUT2D eigenvalue weighted by atomic mass is 16.5. The van der Waals surface area contributed by atoms with Crippen molar-refractivity contribution in [3.8, 4) is 0 Å². The van der Waals surface area contributed by atoms with Gasteiger partial charge in [-0.3, -0.25) is 4.79 Å². The average Bonchev–Trinajstić information content (AvgIpc) is 2.55. The summed E-state index contributed by atoms with van der Waals surface area (Å²) in [6.45, 7) is 0.566. The van der Waals surface area contributed by atoms with Crippen molar-refractivity contribution in [1.82, 2.24) is 5.32 Å². The van der Waals surface area contributed by atoms with Crippen molar-refractivity contribution in [3.05, 3.63) is 0 Å². The molecule has 2 saturated carbocycles. The zero-order chi connectivity index (χ0) is 16.5. The van der Waals surface area contributed by atoms with Gasteiger partial charge in [0, 0.05) is 12.5 Å². The Bertz CT molecular complexity index is 371. The maximum Gasteiger partial charge on any atom is 0.407 e. The molecule has 0 heterocycles. The molecule has 0 aromatic rings. The number of alkyl carbamates (subject to hydrolysis) is 1. The van der Waals surface area contributed by atoms with Gasteiger partial charge in [-0.15, -0.1) is 0 Å². The maximum absolute atomic E-state index is 11.9. The Morgan fingerprint density at radius 2 is 1.65 bits per heavy atom. The molecule has 5 nitrogen and oxygen atoms in total. The number of amides is 1. The normalized spacial score (nSPS) is 25.7. The van der Waals surface area contributed by atoms with E-state index in [1.807, 2.05) is 0 Å². The van der Waals surface area contributed by atoms with Crippen LogP contribution in [0.2, 0.25) is 0 Å². The summed E-state index contributed by atoms with van der Waals surface area (Å²) in [7, 11) is 0. The Balaban J connectivity index is 1.54. The van der Waals surface area contributed by atoms with Gasteiger partial charge in [-0.2, -0.15) is 0 Å². The molecule has 0 spiro atoms. The second-order valence-electron chi connectivity index (χ2n) is 7.25. The van der Waals surface area contributed by atoms with Gasteiger partial charge in [0.15, 0.2) is 0 Å². The molecule has 0 aromatic carbocycles. The lowest BCUT2D eigenvalue weighted by Gasteiger charge is -2.29. The number of ether oxygens (including phenoxy) is 1. The van der Waals surface area contributed by atoms with E-state index in [1.165, 1.54) is 32.1 Å². The van der Waals surface area contributed by atoms with Crippen LogP contribution in [0.5, 0.6) is 0 Å². The van der Waals surface area contributed by atoms with Crippen LogP contribution in [-0.2, 0) is 9.53 Å². The Morgan fingerprint density at radius 1 is 0.957 bits per heavy atom. The molecule has 0 atom stereocenters. The molecule has 2 aliphatic carbocycles. The summed E-state index contributed by atoms with van der Waals surface area (Å²) in [5.41, 5.74) is 0. The van der Waals surface area contributed by atoms with Gasteiger partial charge in [0.25, 0.3) is 0 Å². The fourth-order valence-corrected chi connectivity index (χ4v) is 3.89. The molecule has 0 unspecified atom stereocenters. The fourth-order valence-electron chi connectivity index (χ4n) is 3.89. The van der Waals surface area contributed by atoms with Crippen molar-refractivity contribution >= 4 is 12.1 Å². The number of carbonyl (C=O) groups excluding carboxylic acids is 1. The maximum atomic E-state index is 11.9. The topological polar surface area (TPSA) is 75.6 Å². The molecular formula is C18H31NO4. The van der Waals surface area contributed by atoms with Crippen LogP contribution in [0.4, 0.5) is 4.79 Å². The van der Waals surface area contributed by atoms with Crippen LogP contribution >= 0.6 is 0 Å². The summed E-state index contributed by atoms with van der Waals surface area (Å²) in [6, 6.07) is 0.226. The number of hydrogen-bond donors (Lipinski definition) is 2. The number of carboxylic acids is 1. The van der Waals surface area contributed by atoms with E-state index in [1.54, 1.807) is 0 Å². The average molecular weight is 325 g/mol. The van der Waals surface area contributed by atoms with Gasteiger partial charge in [-0.25, -0.2) is 4.79 Å². The third-order valence-corrected chi connectivity index (χ3v) is 5.35. The molecular weight excluding hydrogens is 294 g/mol. The molecule has 2 fully saturated rings. The Morgan fingerprint density at radius 3 is 2.30 bits per heavy atom. The van der Waals surface area contributed by atoms with E-state index in [0.29, 0.717) is 18.4 Å². The number of nitrogens with one attached hydrogen (secondary N) is 1. The minimum Gasteiger partial charge on any atom is -0.481 e. The summed E-state index contributed by atoms with van der Waals surface area (Å²) >= 11 is 0. The first kappa shape index (κ1) is 18.1. The molecule has 2 N–H and O–H groups in total. The highest BCUT2D eigenvalue weighted by Gasteiger charge is 2.23. The minimum atomic E-state index is -0.707. The molecule has 23 heavy (non-hydrogen) atoms. The van der Waals surface area contributed by atoms with Gasteiger partial charge in [0.05, 0.1) is 6.61 Å². The monoisotopic (exact) mass is 325 g/mol.